The Kier molecular flexibility index (Phi) is 4.05. The van der Waals surface area contributed by atoms with Crippen molar-refractivity contribution >= 4 is 11.6 Å². The van der Waals surface area contributed by atoms with E-state index in [4.69, 9.17) is 0 Å². The molecular formula is C17H22N2O. The number of allylic oxidation sites excluding steroid dienone is 1. The molecule has 1 heterocycles. The quantitative estimate of drug-likeness (QED) is 0.826. The van der Waals surface area contributed by atoms with Crippen molar-refractivity contribution in [3.05, 3.63) is 41.5 Å². The van der Waals surface area contributed by atoms with E-state index in [1.165, 1.54) is 36.8 Å². The number of fused-ring (bicyclic) bond motifs is 1. The van der Waals surface area contributed by atoms with Gasteiger partial charge in [0, 0.05) is 18.7 Å². The SMILES string of the molecule is O=C(NCCC1=CCCCC1)[C@@H]1Cc2ccccc2N1. The Bertz CT molecular complexity index is 496. The van der Waals surface area contributed by atoms with Gasteiger partial charge in [-0.15, -0.1) is 0 Å². The van der Waals surface area contributed by atoms with E-state index in [0.29, 0.717) is 0 Å². The maximum Gasteiger partial charge on any atom is 0.242 e. The smallest absolute Gasteiger partial charge is 0.242 e. The van der Waals surface area contributed by atoms with Gasteiger partial charge in [0.15, 0.2) is 0 Å². The van der Waals surface area contributed by atoms with E-state index in [-0.39, 0.29) is 11.9 Å². The average molecular weight is 270 g/mol. The molecule has 0 aromatic heterocycles. The number of para-hydroxylation sites is 1. The Labute approximate surface area is 120 Å². The molecule has 0 spiro atoms. The van der Waals surface area contributed by atoms with Gasteiger partial charge >= 0.3 is 0 Å². The van der Waals surface area contributed by atoms with Gasteiger partial charge < -0.3 is 10.6 Å². The van der Waals surface area contributed by atoms with E-state index in [1.54, 1.807) is 0 Å². The number of rotatable bonds is 4. The van der Waals surface area contributed by atoms with Crippen molar-refractivity contribution in [2.45, 2.75) is 44.6 Å². The minimum atomic E-state index is -0.104. The highest BCUT2D eigenvalue weighted by molar-refractivity contribution is 5.87. The predicted octanol–water partition coefficient (Wildman–Crippen LogP) is 3.03. The summed E-state index contributed by atoms with van der Waals surface area (Å²) >= 11 is 0. The van der Waals surface area contributed by atoms with E-state index in [0.717, 1.165) is 25.1 Å². The van der Waals surface area contributed by atoms with Crippen molar-refractivity contribution in [2.75, 3.05) is 11.9 Å². The highest BCUT2D eigenvalue weighted by atomic mass is 16.2. The zero-order valence-electron chi connectivity index (χ0n) is 11.8. The summed E-state index contributed by atoms with van der Waals surface area (Å²) in [6, 6.07) is 8.04. The molecule has 2 aliphatic rings. The molecule has 0 radical (unpaired) electrons. The number of hydrogen-bond donors (Lipinski definition) is 2. The summed E-state index contributed by atoms with van der Waals surface area (Å²) < 4.78 is 0. The molecular weight excluding hydrogens is 248 g/mol. The van der Waals surface area contributed by atoms with E-state index in [9.17, 15) is 4.79 Å². The number of nitrogens with one attached hydrogen (secondary N) is 2. The molecule has 106 valence electrons. The second kappa shape index (κ2) is 6.12. The van der Waals surface area contributed by atoms with Crippen molar-refractivity contribution in [3.8, 4) is 0 Å². The number of anilines is 1. The maximum atomic E-state index is 12.2. The molecule has 1 aromatic rings. The fraction of sp³-hybridized carbons (Fsp3) is 0.471. The lowest BCUT2D eigenvalue weighted by molar-refractivity contribution is -0.121. The topological polar surface area (TPSA) is 41.1 Å². The Hall–Kier alpha value is -1.77. The third kappa shape index (κ3) is 3.03. The van der Waals surface area contributed by atoms with Gasteiger partial charge in [-0.3, -0.25) is 4.79 Å². The van der Waals surface area contributed by atoms with Crippen molar-refractivity contribution in [3.63, 3.8) is 0 Å². The summed E-state index contributed by atoms with van der Waals surface area (Å²) in [5.74, 6) is 0.123. The lowest BCUT2D eigenvalue weighted by Crippen LogP contribution is -2.38. The van der Waals surface area contributed by atoms with Crippen molar-refractivity contribution in [2.24, 2.45) is 0 Å². The van der Waals surface area contributed by atoms with Crippen LogP contribution in [0.3, 0.4) is 0 Å². The minimum absolute atomic E-state index is 0.104. The monoisotopic (exact) mass is 270 g/mol. The van der Waals surface area contributed by atoms with Gasteiger partial charge in [0.2, 0.25) is 5.91 Å². The summed E-state index contributed by atoms with van der Waals surface area (Å²) in [5, 5.41) is 6.36. The number of hydrogen-bond acceptors (Lipinski definition) is 2. The maximum absolute atomic E-state index is 12.2. The van der Waals surface area contributed by atoms with Gasteiger partial charge in [-0.25, -0.2) is 0 Å². The Morgan fingerprint density at radius 2 is 2.20 bits per heavy atom. The zero-order chi connectivity index (χ0) is 13.8. The first-order chi connectivity index (χ1) is 9.83. The predicted molar refractivity (Wildman–Crippen MR) is 81.7 cm³/mol. The van der Waals surface area contributed by atoms with E-state index >= 15 is 0 Å². The van der Waals surface area contributed by atoms with Crippen molar-refractivity contribution in [1.29, 1.82) is 0 Å². The number of amides is 1. The number of carbonyl (C=O) groups excluding carboxylic acids is 1. The van der Waals surface area contributed by atoms with Crippen molar-refractivity contribution in [1.82, 2.24) is 5.32 Å². The summed E-state index contributed by atoms with van der Waals surface area (Å²) in [6.07, 6.45) is 9.20. The Morgan fingerprint density at radius 3 is 3.00 bits per heavy atom. The van der Waals surface area contributed by atoms with Crippen LogP contribution in [-0.4, -0.2) is 18.5 Å². The van der Waals surface area contributed by atoms with E-state index in [1.807, 2.05) is 18.2 Å². The van der Waals surface area contributed by atoms with Crippen LogP contribution in [0, 0.1) is 0 Å². The molecule has 1 aliphatic carbocycles. The lowest BCUT2D eigenvalue weighted by atomic mass is 9.97. The fourth-order valence-corrected chi connectivity index (χ4v) is 3.06. The van der Waals surface area contributed by atoms with Crippen LogP contribution in [0.4, 0.5) is 5.69 Å². The molecule has 1 amide bonds. The molecule has 0 unspecified atom stereocenters. The van der Waals surface area contributed by atoms with Crippen LogP contribution in [0.2, 0.25) is 0 Å². The van der Waals surface area contributed by atoms with Gasteiger partial charge in [0.25, 0.3) is 0 Å². The molecule has 1 aromatic carbocycles. The normalized spacial score (nSPS) is 20.8. The van der Waals surface area contributed by atoms with Crippen LogP contribution < -0.4 is 10.6 Å². The lowest BCUT2D eigenvalue weighted by Gasteiger charge is -2.15. The second-order valence-corrected chi connectivity index (χ2v) is 5.71. The molecule has 1 atom stereocenters. The standard InChI is InChI=1S/C17H22N2O/c20-17(18-11-10-13-6-2-1-3-7-13)16-12-14-8-4-5-9-15(14)19-16/h4-6,8-9,16,19H,1-3,7,10-12H2,(H,18,20)/t16-/m0/s1. The van der Waals surface area contributed by atoms with Gasteiger partial charge in [-0.2, -0.15) is 0 Å². The van der Waals surface area contributed by atoms with Crippen LogP contribution in [0.5, 0.6) is 0 Å². The van der Waals surface area contributed by atoms with Crippen LogP contribution in [0.1, 0.15) is 37.7 Å². The molecule has 3 nitrogen and oxygen atoms in total. The Morgan fingerprint density at radius 1 is 1.30 bits per heavy atom. The third-order valence-corrected chi connectivity index (χ3v) is 4.22. The molecule has 0 saturated carbocycles. The highest BCUT2D eigenvalue weighted by Crippen LogP contribution is 2.25. The van der Waals surface area contributed by atoms with Crippen LogP contribution in [-0.2, 0) is 11.2 Å². The molecule has 2 N–H and O–H groups in total. The first-order valence-electron chi connectivity index (χ1n) is 7.63. The van der Waals surface area contributed by atoms with Gasteiger partial charge in [0.1, 0.15) is 6.04 Å². The number of carbonyl (C=O) groups is 1. The van der Waals surface area contributed by atoms with Gasteiger partial charge in [-0.05, 0) is 43.7 Å². The zero-order valence-corrected chi connectivity index (χ0v) is 11.8. The highest BCUT2D eigenvalue weighted by Gasteiger charge is 2.25. The van der Waals surface area contributed by atoms with Gasteiger partial charge in [-0.1, -0.05) is 29.8 Å². The molecule has 1 aliphatic heterocycles. The molecule has 3 rings (SSSR count). The molecule has 0 fully saturated rings. The van der Waals surface area contributed by atoms with Crippen LogP contribution >= 0.6 is 0 Å². The second-order valence-electron chi connectivity index (χ2n) is 5.71. The first kappa shape index (κ1) is 13.2. The molecule has 0 saturated heterocycles. The van der Waals surface area contributed by atoms with Crippen LogP contribution in [0.25, 0.3) is 0 Å². The fourth-order valence-electron chi connectivity index (χ4n) is 3.06. The van der Waals surface area contributed by atoms with Crippen molar-refractivity contribution < 1.29 is 4.79 Å². The molecule has 3 heteroatoms. The molecule has 20 heavy (non-hydrogen) atoms. The average Bonchev–Trinajstić information content (AvgIpc) is 2.92. The summed E-state index contributed by atoms with van der Waals surface area (Å²) in [4.78, 5) is 12.2. The number of benzene rings is 1. The first-order valence-corrected chi connectivity index (χ1v) is 7.63. The summed E-state index contributed by atoms with van der Waals surface area (Å²) in [5.41, 5.74) is 3.85. The van der Waals surface area contributed by atoms with Crippen LogP contribution in [0.15, 0.2) is 35.9 Å². The van der Waals surface area contributed by atoms with E-state index in [2.05, 4.69) is 22.8 Å². The minimum Gasteiger partial charge on any atom is -0.373 e. The molecule has 0 bridgehead atoms. The third-order valence-electron chi connectivity index (χ3n) is 4.22. The largest absolute Gasteiger partial charge is 0.373 e. The Balaban J connectivity index is 1.45. The summed E-state index contributed by atoms with van der Waals surface area (Å²) in [7, 11) is 0. The van der Waals surface area contributed by atoms with Gasteiger partial charge in [0.05, 0.1) is 0 Å². The van der Waals surface area contributed by atoms with E-state index < -0.39 is 0 Å². The summed E-state index contributed by atoms with van der Waals surface area (Å²) in [6.45, 7) is 0.763.